The van der Waals surface area contributed by atoms with Crippen molar-refractivity contribution in [2.75, 3.05) is 0 Å². The van der Waals surface area contributed by atoms with E-state index in [1.54, 1.807) is 0 Å². The summed E-state index contributed by atoms with van der Waals surface area (Å²) in [5.74, 6) is -1.95. The highest BCUT2D eigenvalue weighted by Crippen LogP contribution is 2.34. The molecule has 0 aromatic heterocycles. The van der Waals surface area contributed by atoms with E-state index in [1.807, 2.05) is 0 Å². The Morgan fingerprint density at radius 3 is 1.84 bits per heavy atom. The zero-order valence-corrected chi connectivity index (χ0v) is 9.37. The second kappa shape index (κ2) is 4.46. The molecule has 0 aliphatic rings. The summed E-state index contributed by atoms with van der Waals surface area (Å²) in [6.45, 7) is 0. The molecule has 0 amide bonds. The van der Waals surface area contributed by atoms with E-state index in [0.717, 1.165) is 12.1 Å². The predicted molar refractivity (Wildman–Crippen MR) is 60.2 cm³/mol. The monoisotopic (exact) mass is 272 g/mol. The highest BCUT2D eigenvalue weighted by molar-refractivity contribution is 5.67. The van der Waals surface area contributed by atoms with Crippen molar-refractivity contribution in [3.05, 3.63) is 47.8 Å². The first-order valence-corrected chi connectivity index (χ1v) is 5.17. The highest BCUT2D eigenvalue weighted by Gasteiger charge is 2.33. The van der Waals surface area contributed by atoms with E-state index < -0.39 is 17.6 Å². The quantitative estimate of drug-likeness (QED) is 0.772. The van der Waals surface area contributed by atoms with Gasteiger partial charge in [0.1, 0.15) is 17.3 Å². The van der Waals surface area contributed by atoms with Crippen LogP contribution in [0.1, 0.15) is 5.56 Å². The van der Waals surface area contributed by atoms with Gasteiger partial charge in [-0.2, -0.15) is 13.2 Å². The van der Waals surface area contributed by atoms with Gasteiger partial charge in [-0.15, -0.1) is 0 Å². The lowest BCUT2D eigenvalue weighted by molar-refractivity contribution is -0.139. The van der Waals surface area contributed by atoms with Crippen molar-refractivity contribution in [1.29, 1.82) is 0 Å². The zero-order chi connectivity index (χ0) is 14.2. The molecule has 0 aliphatic heterocycles. The van der Waals surface area contributed by atoms with Crippen LogP contribution in [0.25, 0.3) is 11.1 Å². The number of halogens is 4. The fourth-order valence-corrected chi connectivity index (χ4v) is 1.69. The summed E-state index contributed by atoms with van der Waals surface area (Å²) in [6, 6.07) is 5.87. The van der Waals surface area contributed by atoms with Gasteiger partial charge >= 0.3 is 6.18 Å². The molecule has 0 fully saturated rings. The largest absolute Gasteiger partial charge is 0.508 e. The van der Waals surface area contributed by atoms with Gasteiger partial charge in [0.25, 0.3) is 0 Å². The van der Waals surface area contributed by atoms with E-state index in [2.05, 4.69) is 0 Å². The zero-order valence-electron chi connectivity index (χ0n) is 9.37. The van der Waals surface area contributed by atoms with Crippen molar-refractivity contribution >= 4 is 0 Å². The molecule has 0 saturated heterocycles. The number of aromatic hydroxyl groups is 2. The van der Waals surface area contributed by atoms with Crippen LogP contribution in [0.3, 0.4) is 0 Å². The Labute approximate surface area is 105 Å². The summed E-state index contributed by atoms with van der Waals surface area (Å²) in [5, 5.41) is 18.5. The summed E-state index contributed by atoms with van der Waals surface area (Å²) in [4.78, 5) is 0. The molecule has 100 valence electrons. The summed E-state index contributed by atoms with van der Waals surface area (Å²) >= 11 is 0. The van der Waals surface area contributed by atoms with Crippen molar-refractivity contribution < 1.29 is 27.8 Å². The van der Waals surface area contributed by atoms with Crippen LogP contribution in [0.4, 0.5) is 17.6 Å². The molecule has 6 heteroatoms. The third kappa shape index (κ3) is 2.78. The van der Waals surface area contributed by atoms with Crippen molar-refractivity contribution in [3.8, 4) is 22.6 Å². The number of rotatable bonds is 1. The van der Waals surface area contributed by atoms with Crippen molar-refractivity contribution in [1.82, 2.24) is 0 Å². The summed E-state index contributed by atoms with van der Waals surface area (Å²) in [6.07, 6.45) is -4.76. The third-order valence-corrected chi connectivity index (χ3v) is 2.51. The highest BCUT2D eigenvalue weighted by atomic mass is 19.4. The van der Waals surface area contributed by atoms with Gasteiger partial charge in [0.2, 0.25) is 0 Å². The van der Waals surface area contributed by atoms with Crippen LogP contribution in [-0.2, 0) is 6.18 Å². The molecule has 2 rings (SSSR count). The number of hydrogen-bond acceptors (Lipinski definition) is 2. The first-order chi connectivity index (χ1) is 8.77. The van der Waals surface area contributed by atoms with Gasteiger partial charge in [0.05, 0.1) is 5.56 Å². The molecular formula is C13H8F4O2. The lowest BCUT2D eigenvalue weighted by atomic mass is 10.0. The van der Waals surface area contributed by atoms with Crippen LogP contribution in [-0.4, -0.2) is 10.2 Å². The number of alkyl halides is 3. The lowest BCUT2D eigenvalue weighted by Gasteiger charge is -2.10. The SMILES string of the molecule is Oc1cc(O)cc(-c2ccc(C(F)(F)F)c(F)c2)c1. The minimum absolute atomic E-state index is 0.122. The smallest absolute Gasteiger partial charge is 0.419 e. The van der Waals surface area contributed by atoms with E-state index in [0.29, 0.717) is 12.1 Å². The van der Waals surface area contributed by atoms with E-state index in [1.165, 1.54) is 12.1 Å². The molecule has 19 heavy (non-hydrogen) atoms. The number of benzene rings is 2. The van der Waals surface area contributed by atoms with Gasteiger partial charge < -0.3 is 10.2 Å². The van der Waals surface area contributed by atoms with Gasteiger partial charge in [-0.25, -0.2) is 4.39 Å². The molecule has 2 nitrogen and oxygen atoms in total. The van der Waals surface area contributed by atoms with Gasteiger partial charge in [0.15, 0.2) is 0 Å². The fraction of sp³-hybridized carbons (Fsp3) is 0.0769. The Balaban J connectivity index is 2.50. The maximum Gasteiger partial charge on any atom is 0.419 e. The molecule has 0 atom stereocenters. The van der Waals surface area contributed by atoms with Crippen LogP contribution in [0.2, 0.25) is 0 Å². The number of hydrogen-bond donors (Lipinski definition) is 2. The van der Waals surface area contributed by atoms with Gasteiger partial charge in [-0.05, 0) is 35.4 Å². The van der Waals surface area contributed by atoms with Crippen LogP contribution in [0.5, 0.6) is 11.5 Å². The van der Waals surface area contributed by atoms with Crippen molar-refractivity contribution in [3.63, 3.8) is 0 Å². The molecule has 2 aromatic carbocycles. The summed E-state index contributed by atoms with van der Waals surface area (Å²) < 4.78 is 50.6. The van der Waals surface area contributed by atoms with E-state index in [4.69, 9.17) is 0 Å². The lowest BCUT2D eigenvalue weighted by Crippen LogP contribution is -2.07. The molecule has 2 N–H and O–H groups in total. The van der Waals surface area contributed by atoms with E-state index >= 15 is 0 Å². The van der Waals surface area contributed by atoms with E-state index in [-0.39, 0.29) is 22.6 Å². The Morgan fingerprint density at radius 2 is 1.37 bits per heavy atom. The molecule has 0 radical (unpaired) electrons. The summed E-state index contributed by atoms with van der Waals surface area (Å²) in [7, 11) is 0. The van der Waals surface area contributed by atoms with Gasteiger partial charge in [-0.3, -0.25) is 0 Å². The molecule has 0 bridgehead atoms. The Hall–Kier alpha value is -2.24. The van der Waals surface area contributed by atoms with Crippen LogP contribution in [0, 0.1) is 5.82 Å². The number of phenols is 2. The average molecular weight is 272 g/mol. The first kappa shape index (κ1) is 13.2. The summed E-state index contributed by atoms with van der Waals surface area (Å²) in [5.41, 5.74) is -1.03. The second-order valence-corrected chi connectivity index (χ2v) is 3.93. The Bertz CT molecular complexity index is 600. The van der Waals surface area contributed by atoms with Gasteiger partial charge in [-0.1, -0.05) is 6.07 Å². The molecule has 0 unspecified atom stereocenters. The maximum atomic E-state index is 13.4. The molecule has 0 aliphatic carbocycles. The van der Waals surface area contributed by atoms with Crippen molar-refractivity contribution in [2.45, 2.75) is 6.18 Å². The Morgan fingerprint density at radius 1 is 0.789 bits per heavy atom. The molecule has 2 aromatic rings. The van der Waals surface area contributed by atoms with Crippen LogP contribution in [0.15, 0.2) is 36.4 Å². The topological polar surface area (TPSA) is 40.5 Å². The van der Waals surface area contributed by atoms with Crippen molar-refractivity contribution in [2.24, 2.45) is 0 Å². The predicted octanol–water partition coefficient (Wildman–Crippen LogP) is 3.92. The van der Waals surface area contributed by atoms with Crippen LogP contribution < -0.4 is 0 Å². The maximum absolute atomic E-state index is 13.4. The Kier molecular flexibility index (Phi) is 3.09. The average Bonchev–Trinajstić information content (AvgIpc) is 2.25. The first-order valence-electron chi connectivity index (χ1n) is 5.17. The van der Waals surface area contributed by atoms with E-state index in [9.17, 15) is 27.8 Å². The molecule has 0 spiro atoms. The molecular weight excluding hydrogens is 264 g/mol. The standard InChI is InChI=1S/C13H8F4O2/c14-12-5-7(1-2-11(12)13(15,16)17)8-3-9(18)6-10(19)4-8/h1-6,18-19H. The minimum atomic E-state index is -4.76. The molecule has 0 heterocycles. The third-order valence-electron chi connectivity index (χ3n) is 2.51. The minimum Gasteiger partial charge on any atom is -0.508 e. The normalized spacial score (nSPS) is 11.6. The fourth-order valence-electron chi connectivity index (χ4n) is 1.69. The number of phenolic OH excluding ortho intramolecular Hbond substituents is 2. The van der Waals surface area contributed by atoms with Crippen LogP contribution >= 0.6 is 0 Å². The van der Waals surface area contributed by atoms with Gasteiger partial charge in [0, 0.05) is 6.07 Å². The molecule has 0 saturated carbocycles. The second-order valence-electron chi connectivity index (χ2n) is 3.93.